The highest BCUT2D eigenvalue weighted by molar-refractivity contribution is 6.69. The van der Waals surface area contributed by atoms with Gasteiger partial charge in [0.25, 0.3) is 0 Å². The molecule has 0 saturated carbocycles. The molecule has 3 heteroatoms. The van der Waals surface area contributed by atoms with Gasteiger partial charge in [-0.05, 0) is 0 Å². The summed E-state index contributed by atoms with van der Waals surface area (Å²) in [7, 11) is -0.456. The van der Waals surface area contributed by atoms with Crippen molar-refractivity contribution in [2.45, 2.75) is 26.2 Å². The SMILES string of the molecule is C=CCN([Si](C)C)[Si](C)C. The lowest BCUT2D eigenvalue weighted by atomic mass is 10.7. The van der Waals surface area contributed by atoms with E-state index in [2.05, 4.69) is 37.0 Å². The first-order valence-corrected chi connectivity index (χ1v) is 8.47. The van der Waals surface area contributed by atoms with Crippen LogP contribution in [-0.2, 0) is 0 Å². The van der Waals surface area contributed by atoms with Crippen molar-refractivity contribution in [1.29, 1.82) is 0 Å². The maximum atomic E-state index is 3.76. The fraction of sp³-hybridized carbons (Fsp3) is 0.714. The van der Waals surface area contributed by atoms with Gasteiger partial charge < -0.3 is 4.23 Å². The molecule has 0 aromatic carbocycles. The van der Waals surface area contributed by atoms with E-state index in [4.69, 9.17) is 0 Å². The molecule has 1 nitrogen and oxygen atoms in total. The second-order valence-electron chi connectivity index (χ2n) is 2.79. The normalized spacial score (nSPS) is 11.5. The van der Waals surface area contributed by atoms with Crippen LogP contribution in [0.5, 0.6) is 0 Å². The van der Waals surface area contributed by atoms with E-state index in [1.807, 2.05) is 6.08 Å². The van der Waals surface area contributed by atoms with Gasteiger partial charge in [-0.2, -0.15) is 0 Å². The van der Waals surface area contributed by atoms with Crippen LogP contribution in [0.25, 0.3) is 0 Å². The number of hydrogen-bond donors (Lipinski definition) is 0. The van der Waals surface area contributed by atoms with Crippen LogP contribution in [0, 0.1) is 0 Å². The quantitative estimate of drug-likeness (QED) is 0.462. The van der Waals surface area contributed by atoms with Crippen LogP contribution in [0.15, 0.2) is 12.7 Å². The largest absolute Gasteiger partial charge is 0.344 e. The van der Waals surface area contributed by atoms with Gasteiger partial charge in [-0.3, -0.25) is 0 Å². The van der Waals surface area contributed by atoms with E-state index in [1.54, 1.807) is 0 Å². The van der Waals surface area contributed by atoms with Gasteiger partial charge in [0, 0.05) is 6.54 Å². The Morgan fingerprint density at radius 3 is 1.70 bits per heavy atom. The summed E-state index contributed by atoms with van der Waals surface area (Å²) in [5.41, 5.74) is 0. The number of nitrogens with zero attached hydrogens (tertiary/aromatic N) is 1. The molecule has 0 fully saturated rings. The molecule has 0 aliphatic rings. The average molecular weight is 171 g/mol. The number of rotatable bonds is 4. The van der Waals surface area contributed by atoms with Crippen molar-refractivity contribution in [1.82, 2.24) is 4.23 Å². The topological polar surface area (TPSA) is 3.24 Å². The van der Waals surface area contributed by atoms with Gasteiger partial charge in [0.2, 0.25) is 0 Å². The van der Waals surface area contributed by atoms with E-state index in [-0.39, 0.29) is 17.9 Å². The molecule has 0 saturated heterocycles. The van der Waals surface area contributed by atoms with Gasteiger partial charge in [-0.25, -0.2) is 0 Å². The zero-order valence-corrected chi connectivity index (χ0v) is 9.44. The molecule has 10 heavy (non-hydrogen) atoms. The van der Waals surface area contributed by atoms with Crippen molar-refractivity contribution < 1.29 is 0 Å². The molecule has 58 valence electrons. The van der Waals surface area contributed by atoms with Gasteiger partial charge in [0.15, 0.2) is 0 Å². The third-order valence-corrected chi connectivity index (χ3v) is 6.60. The Morgan fingerprint density at radius 1 is 1.20 bits per heavy atom. The Labute approximate surface area is 68.1 Å². The van der Waals surface area contributed by atoms with Crippen molar-refractivity contribution in [3.63, 3.8) is 0 Å². The van der Waals surface area contributed by atoms with Crippen LogP contribution < -0.4 is 0 Å². The minimum atomic E-state index is -0.228. The number of hydrogen-bond acceptors (Lipinski definition) is 1. The summed E-state index contributed by atoms with van der Waals surface area (Å²) in [5, 5.41) is 0. The van der Waals surface area contributed by atoms with Crippen LogP contribution in [-0.4, -0.2) is 28.7 Å². The van der Waals surface area contributed by atoms with Crippen molar-refractivity contribution in [2.24, 2.45) is 0 Å². The summed E-state index contributed by atoms with van der Waals surface area (Å²) in [6.45, 7) is 14.2. The van der Waals surface area contributed by atoms with Crippen LogP contribution in [0.2, 0.25) is 26.2 Å². The minimum absolute atomic E-state index is 0.228. The van der Waals surface area contributed by atoms with E-state index in [0.717, 1.165) is 6.54 Å². The molecule has 0 unspecified atom stereocenters. The van der Waals surface area contributed by atoms with Crippen LogP contribution in [0.1, 0.15) is 0 Å². The first kappa shape index (κ1) is 10.1. The van der Waals surface area contributed by atoms with E-state index < -0.39 is 0 Å². The summed E-state index contributed by atoms with van der Waals surface area (Å²) >= 11 is 0. The molecular formula is C7H17NSi2. The second kappa shape index (κ2) is 4.87. The van der Waals surface area contributed by atoms with Crippen molar-refractivity contribution in [3.05, 3.63) is 12.7 Å². The van der Waals surface area contributed by atoms with Crippen molar-refractivity contribution in [2.75, 3.05) is 6.54 Å². The lowest BCUT2D eigenvalue weighted by Gasteiger charge is -2.26. The fourth-order valence-corrected chi connectivity index (χ4v) is 5.51. The lowest BCUT2D eigenvalue weighted by molar-refractivity contribution is 0.731. The summed E-state index contributed by atoms with van der Waals surface area (Å²) in [5.74, 6) is 0. The Balaban J connectivity index is 3.84. The van der Waals surface area contributed by atoms with Gasteiger partial charge >= 0.3 is 0 Å². The molecule has 0 rings (SSSR count). The highest BCUT2D eigenvalue weighted by Crippen LogP contribution is 1.98. The van der Waals surface area contributed by atoms with Gasteiger partial charge in [0.05, 0.1) is 0 Å². The predicted octanol–water partition coefficient (Wildman–Crippen LogP) is 1.98. The molecule has 0 aromatic rings. The molecule has 0 atom stereocenters. The molecule has 0 amide bonds. The van der Waals surface area contributed by atoms with Crippen molar-refractivity contribution >= 4 is 17.9 Å². The Hall–Kier alpha value is 0.134. The van der Waals surface area contributed by atoms with Crippen LogP contribution in [0.4, 0.5) is 0 Å². The monoisotopic (exact) mass is 171 g/mol. The van der Waals surface area contributed by atoms with Gasteiger partial charge in [0.1, 0.15) is 17.9 Å². The molecule has 0 spiro atoms. The van der Waals surface area contributed by atoms with Gasteiger partial charge in [-0.15, -0.1) is 6.58 Å². The summed E-state index contributed by atoms with van der Waals surface area (Å²) in [6.07, 6.45) is 2.01. The molecule has 0 heterocycles. The maximum Gasteiger partial charge on any atom is 0.122 e. The molecule has 0 aliphatic heterocycles. The molecule has 0 aliphatic carbocycles. The fourth-order valence-electron chi connectivity index (χ4n) is 0.941. The Morgan fingerprint density at radius 2 is 1.60 bits per heavy atom. The van der Waals surface area contributed by atoms with Crippen molar-refractivity contribution in [3.8, 4) is 0 Å². The van der Waals surface area contributed by atoms with E-state index in [0.29, 0.717) is 0 Å². The Bertz CT molecular complexity index is 93.8. The molecule has 0 bridgehead atoms. The molecular weight excluding hydrogens is 154 g/mol. The highest BCUT2D eigenvalue weighted by Gasteiger charge is 2.13. The molecule has 0 N–H and O–H groups in total. The van der Waals surface area contributed by atoms with E-state index >= 15 is 0 Å². The molecule has 2 radical (unpaired) electrons. The zero-order chi connectivity index (χ0) is 8.15. The molecule has 0 aromatic heterocycles. The summed E-state index contributed by atoms with van der Waals surface area (Å²) < 4.78 is 2.60. The summed E-state index contributed by atoms with van der Waals surface area (Å²) in [6, 6.07) is 0. The van der Waals surface area contributed by atoms with Crippen LogP contribution in [0.3, 0.4) is 0 Å². The smallest absolute Gasteiger partial charge is 0.122 e. The zero-order valence-electron chi connectivity index (χ0n) is 7.44. The second-order valence-corrected chi connectivity index (χ2v) is 8.11. The standard InChI is InChI=1S/C7H17NSi2/c1-6-7-8(9(2)3)10(4)5/h6H,1,7H2,2-5H3. The third-order valence-electron chi connectivity index (χ3n) is 1.39. The minimum Gasteiger partial charge on any atom is -0.344 e. The highest BCUT2D eigenvalue weighted by atomic mass is 28.3. The lowest BCUT2D eigenvalue weighted by Crippen LogP contribution is -2.42. The predicted molar refractivity (Wildman–Crippen MR) is 51.9 cm³/mol. The average Bonchev–Trinajstić information content (AvgIpc) is 1.81. The summed E-state index contributed by atoms with van der Waals surface area (Å²) in [4.78, 5) is 0. The first-order valence-electron chi connectivity index (χ1n) is 3.58. The van der Waals surface area contributed by atoms with E-state index in [9.17, 15) is 0 Å². The maximum absolute atomic E-state index is 3.76. The third kappa shape index (κ3) is 3.34. The first-order chi connectivity index (χ1) is 4.59. The van der Waals surface area contributed by atoms with Crippen LogP contribution >= 0.6 is 0 Å². The Kier molecular flexibility index (Phi) is 4.94. The van der Waals surface area contributed by atoms with E-state index in [1.165, 1.54) is 0 Å². The van der Waals surface area contributed by atoms with Gasteiger partial charge in [-0.1, -0.05) is 32.3 Å².